The van der Waals surface area contributed by atoms with Crippen molar-refractivity contribution in [1.82, 2.24) is 9.88 Å². The van der Waals surface area contributed by atoms with Gasteiger partial charge in [0.2, 0.25) is 0 Å². The highest BCUT2D eigenvalue weighted by atomic mass is 32.1. The molecule has 5 nitrogen and oxygen atoms in total. The summed E-state index contributed by atoms with van der Waals surface area (Å²) in [6, 6.07) is 0. The summed E-state index contributed by atoms with van der Waals surface area (Å²) >= 11 is 1.46. The predicted molar refractivity (Wildman–Crippen MR) is 85.1 cm³/mol. The smallest absolute Gasteiger partial charge is 0.273 e. The number of carbonyl (C=O) groups is 1. The molecule has 1 saturated carbocycles. The highest BCUT2D eigenvalue weighted by molar-refractivity contribution is 7.07. The fraction of sp³-hybridized carbons (Fsp3) is 0.750. The lowest BCUT2D eigenvalue weighted by molar-refractivity contribution is -0.136. The van der Waals surface area contributed by atoms with E-state index in [2.05, 4.69) is 18.8 Å². The molecule has 0 aromatic carbocycles. The third kappa shape index (κ3) is 3.19. The molecule has 0 N–H and O–H groups in total. The Kier molecular flexibility index (Phi) is 4.80. The molecule has 6 heteroatoms. The first kappa shape index (κ1) is 15.9. The normalized spacial score (nSPS) is 28.7. The number of rotatable bonds is 4. The molecule has 1 spiro atoms. The maximum absolute atomic E-state index is 12.6. The third-order valence-corrected chi connectivity index (χ3v) is 5.26. The lowest BCUT2D eigenvalue weighted by Crippen LogP contribution is -2.56. The Labute approximate surface area is 135 Å². The minimum absolute atomic E-state index is 0.0272. The molecular weight excluding hydrogens is 300 g/mol. The van der Waals surface area contributed by atoms with Gasteiger partial charge in [-0.25, -0.2) is 4.98 Å². The van der Waals surface area contributed by atoms with E-state index < -0.39 is 0 Å². The molecule has 0 bridgehead atoms. The van der Waals surface area contributed by atoms with Crippen LogP contribution in [0.1, 0.15) is 43.6 Å². The van der Waals surface area contributed by atoms with Gasteiger partial charge in [-0.15, -0.1) is 11.3 Å². The number of morpholine rings is 1. The van der Waals surface area contributed by atoms with Crippen LogP contribution in [-0.4, -0.2) is 53.8 Å². The summed E-state index contributed by atoms with van der Waals surface area (Å²) < 4.78 is 12.0. The maximum Gasteiger partial charge on any atom is 0.273 e. The van der Waals surface area contributed by atoms with Crippen LogP contribution in [0, 0.1) is 5.92 Å². The molecule has 1 saturated heterocycles. The van der Waals surface area contributed by atoms with Gasteiger partial charge in [-0.3, -0.25) is 4.79 Å². The minimum atomic E-state index is -0.223. The number of carbonyl (C=O) groups excluding carboxylic acids is 1. The molecule has 1 aliphatic heterocycles. The molecule has 2 heterocycles. The Balaban J connectivity index is 1.69. The Morgan fingerprint density at radius 1 is 1.64 bits per heavy atom. The van der Waals surface area contributed by atoms with Crippen LogP contribution in [0.25, 0.3) is 0 Å². The van der Waals surface area contributed by atoms with E-state index in [4.69, 9.17) is 9.47 Å². The summed E-state index contributed by atoms with van der Waals surface area (Å²) in [6.07, 6.45) is 3.50. The van der Waals surface area contributed by atoms with Crippen molar-refractivity contribution in [3.63, 3.8) is 0 Å². The molecule has 0 radical (unpaired) electrons. The molecule has 1 aromatic heterocycles. The zero-order chi connectivity index (χ0) is 15.6. The van der Waals surface area contributed by atoms with E-state index in [1.165, 1.54) is 11.3 Å². The molecule has 2 aliphatic rings. The largest absolute Gasteiger partial charge is 0.378 e. The van der Waals surface area contributed by atoms with Gasteiger partial charge in [-0.1, -0.05) is 6.42 Å². The second kappa shape index (κ2) is 6.64. The average molecular weight is 324 g/mol. The Hall–Kier alpha value is -0.980. The highest BCUT2D eigenvalue weighted by Crippen LogP contribution is 2.41. The molecule has 1 aromatic rings. The summed E-state index contributed by atoms with van der Waals surface area (Å²) in [5.74, 6) is 0.403. The number of ether oxygens (including phenoxy) is 2. The summed E-state index contributed by atoms with van der Waals surface area (Å²) in [4.78, 5) is 18.6. The molecule has 1 aliphatic carbocycles. The lowest BCUT2D eigenvalue weighted by atomic mass is 9.89. The Morgan fingerprint density at radius 3 is 3.23 bits per heavy atom. The van der Waals surface area contributed by atoms with E-state index >= 15 is 0 Å². The van der Waals surface area contributed by atoms with Crippen molar-refractivity contribution < 1.29 is 14.3 Å². The summed E-state index contributed by atoms with van der Waals surface area (Å²) in [5.41, 5.74) is 2.03. The molecule has 0 unspecified atom stereocenters. The van der Waals surface area contributed by atoms with Crippen LogP contribution in [0.2, 0.25) is 0 Å². The van der Waals surface area contributed by atoms with Gasteiger partial charge >= 0.3 is 0 Å². The molecule has 22 heavy (non-hydrogen) atoms. The van der Waals surface area contributed by atoms with Gasteiger partial charge in [0.05, 0.1) is 37.0 Å². The van der Waals surface area contributed by atoms with Gasteiger partial charge in [0.15, 0.2) is 0 Å². The van der Waals surface area contributed by atoms with Crippen molar-refractivity contribution in [1.29, 1.82) is 0 Å². The van der Waals surface area contributed by atoms with E-state index in [1.54, 1.807) is 5.51 Å². The first-order valence-corrected chi connectivity index (χ1v) is 8.98. The number of amides is 1. The first-order chi connectivity index (χ1) is 10.6. The highest BCUT2D eigenvalue weighted by Gasteiger charge is 2.48. The lowest BCUT2D eigenvalue weighted by Gasteiger charge is -2.44. The average Bonchev–Trinajstić information content (AvgIpc) is 3.15. The summed E-state index contributed by atoms with van der Waals surface area (Å²) in [5, 5.41) is 1.82. The number of thiazole rings is 1. The first-order valence-electron chi connectivity index (χ1n) is 8.04. The van der Waals surface area contributed by atoms with Crippen LogP contribution in [-0.2, 0) is 9.47 Å². The Morgan fingerprint density at radius 2 is 2.50 bits per heavy atom. The standard InChI is InChI=1S/C16H24N2O3S/c1-12(2)20-8-13-4-3-5-16(13)10-18(6-7-21-16)15(19)14-9-22-11-17-14/h9,11-13H,3-8,10H2,1-2H3/t13-,16+/m0/s1. The van der Waals surface area contributed by atoms with Crippen LogP contribution in [0.15, 0.2) is 10.9 Å². The van der Waals surface area contributed by atoms with E-state index in [0.29, 0.717) is 31.3 Å². The van der Waals surface area contributed by atoms with Gasteiger partial charge < -0.3 is 14.4 Å². The number of hydrogen-bond acceptors (Lipinski definition) is 5. The van der Waals surface area contributed by atoms with Crippen molar-refractivity contribution in [3.8, 4) is 0 Å². The van der Waals surface area contributed by atoms with Crippen LogP contribution in [0.5, 0.6) is 0 Å². The molecule has 2 fully saturated rings. The summed E-state index contributed by atoms with van der Waals surface area (Å²) in [6.45, 7) is 6.75. The molecular formula is C16H24N2O3S. The second-order valence-corrected chi connectivity index (χ2v) is 7.20. The van der Waals surface area contributed by atoms with Gasteiger partial charge in [-0.2, -0.15) is 0 Å². The van der Waals surface area contributed by atoms with E-state index in [1.807, 2.05) is 10.3 Å². The summed E-state index contributed by atoms with van der Waals surface area (Å²) in [7, 11) is 0. The van der Waals surface area contributed by atoms with E-state index in [-0.39, 0.29) is 17.6 Å². The van der Waals surface area contributed by atoms with Gasteiger partial charge in [-0.05, 0) is 26.7 Å². The van der Waals surface area contributed by atoms with Crippen molar-refractivity contribution in [3.05, 3.63) is 16.6 Å². The fourth-order valence-corrected chi connectivity index (χ4v) is 4.04. The van der Waals surface area contributed by atoms with Crippen LogP contribution in [0.4, 0.5) is 0 Å². The number of aromatic nitrogens is 1. The monoisotopic (exact) mass is 324 g/mol. The van der Waals surface area contributed by atoms with E-state index in [9.17, 15) is 4.79 Å². The molecule has 1 amide bonds. The minimum Gasteiger partial charge on any atom is -0.378 e. The zero-order valence-corrected chi connectivity index (χ0v) is 14.1. The van der Waals surface area contributed by atoms with Crippen LogP contribution < -0.4 is 0 Å². The quantitative estimate of drug-likeness (QED) is 0.854. The number of nitrogens with zero attached hydrogens (tertiary/aromatic N) is 2. The van der Waals surface area contributed by atoms with E-state index in [0.717, 1.165) is 25.9 Å². The van der Waals surface area contributed by atoms with Gasteiger partial charge in [0, 0.05) is 17.8 Å². The predicted octanol–water partition coefficient (Wildman–Crippen LogP) is 2.58. The van der Waals surface area contributed by atoms with Gasteiger partial charge in [0.25, 0.3) is 5.91 Å². The van der Waals surface area contributed by atoms with Crippen molar-refractivity contribution >= 4 is 17.2 Å². The van der Waals surface area contributed by atoms with Crippen molar-refractivity contribution in [2.24, 2.45) is 5.92 Å². The maximum atomic E-state index is 12.6. The van der Waals surface area contributed by atoms with Crippen LogP contribution in [0.3, 0.4) is 0 Å². The van der Waals surface area contributed by atoms with Crippen molar-refractivity contribution in [2.45, 2.75) is 44.8 Å². The Bertz CT molecular complexity index is 505. The fourth-order valence-electron chi connectivity index (χ4n) is 3.52. The van der Waals surface area contributed by atoms with Gasteiger partial charge in [0.1, 0.15) is 5.69 Å². The molecule has 122 valence electrons. The SMILES string of the molecule is CC(C)OC[C@@H]1CCC[C@@]12CN(C(=O)c1cscn1)CCO2. The second-order valence-electron chi connectivity index (χ2n) is 6.48. The topological polar surface area (TPSA) is 51.7 Å². The van der Waals surface area contributed by atoms with Crippen molar-refractivity contribution in [2.75, 3.05) is 26.3 Å². The number of hydrogen-bond donors (Lipinski definition) is 0. The van der Waals surface area contributed by atoms with Crippen LogP contribution >= 0.6 is 11.3 Å². The third-order valence-electron chi connectivity index (χ3n) is 4.68. The zero-order valence-electron chi connectivity index (χ0n) is 13.3. The molecule has 3 rings (SSSR count). The molecule has 2 atom stereocenters.